The summed E-state index contributed by atoms with van der Waals surface area (Å²) >= 11 is 1.72. The molecule has 0 spiro atoms. The maximum absolute atomic E-state index is 4.57. The molecule has 0 radical (unpaired) electrons. The molecule has 0 aliphatic carbocycles. The van der Waals surface area contributed by atoms with E-state index in [0.29, 0.717) is 0 Å². The van der Waals surface area contributed by atoms with E-state index < -0.39 is 0 Å². The highest BCUT2D eigenvalue weighted by molar-refractivity contribution is 7.99. The van der Waals surface area contributed by atoms with Crippen LogP contribution in [0.2, 0.25) is 0 Å². The number of hydrogen-bond acceptors (Lipinski definition) is 4. The van der Waals surface area contributed by atoms with Crippen molar-refractivity contribution in [3.05, 3.63) is 23.0 Å². The number of aromatic nitrogens is 4. The number of nitrogens with zero attached hydrogens (tertiary/aromatic N) is 4. The average molecular weight is 307 g/mol. The second kappa shape index (κ2) is 5.85. The molecule has 2 heterocycles. The fraction of sp³-hybridized carbons (Fsp3) is 0.600. The number of aryl methyl sites for hydroxylation is 4. The van der Waals surface area contributed by atoms with Gasteiger partial charge in [-0.05, 0) is 40.7 Å². The van der Waals surface area contributed by atoms with E-state index in [1.165, 1.54) is 10.6 Å². The van der Waals surface area contributed by atoms with Crippen molar-refractivity contribution in [3.8, 4) is 0 Å². The minimum absolute atomic E-state index is 0.0906. The van der Waals surface area contributed by atoms with Crippen LogP contribution in [0.3, 0.4) is 0 Å². The van der Waals surface area contributed by atoms with Gasteiger partial charge in [0.1, 0.15) is 10.1 Å². The monoisotopic (exact) mass is 307 g/mol. The molecule has 0 bridgehead atoms. The Labute approximate surface area is 131 Å². The molecule has 2 aromatic rings. The van der Waals surface area contributed by atoms with Crippen LogP contribution in [-0.4, -0.2) is 25.1 Å². The lowest BCUT2D eigenvalue weighted by atomic mass is 10.1. The van der Waals surface area contributed by atoms with Crippen LogP contribution in [0.15, 0.2) is 16.1 Å². The van der Waals surface area contributed by atoms with Crippen molar-refractivity contribution in [3.63, 3.8) is 0 Å². The van der Waals surface area contributed by atoms with Gasteiger partial charge in [-0.15, -0.1) is 0 Å². The van der Waals surface area contributed by atoms with Crippen LogP contribution in [0.1, 0.15) is 37.7 Å². The van der Waals surface area contributed by atoms with Gasteiger partial charge in [0.05, 0.1) is 11.4 Å². The van der Waals surface area contributed by atoms with Crippen molar-refractivity contribution < 1.29 is 0 Å². The third kappa shape index (κ3) is 3.89. The largest absolute Gasteiger partial charge is 0.308 e. The van der Waals surface area contributed by atoms with Gasteiger partial charge < -0.3 is 5.32 Å². The van der Waals surface area contributed by atoms with E-state index in [0.717, 1.165) is 23.0 Å². The van der Waals surface area contributed by atoms with E-state index in [1.54, 1.807) is 11.8 Å². The van der Waals surface area contributed by atoms with Crippen molar-refractivity contribution >= 4 is 11.8 Å². The zero-order chi connectivity index (χ0) is 15.8. The lowest BCUT2D eigenvalue weighted by Crippen LogP contribution is -2.35. The second-order valence-corrected chi connectivity index (χ2v) is 7.46. The molecule has 21 heavy (non-hydrogen) atoms. The maximum atomic E-state index is 4.57. The van der Waals surface area contributed by atoms with Crippen LogP contribution >= 0.6 is 11.8 Å². The maximum Gasteiger partial charge on any atom is 0.105 e. The number of nitrogens with one attached hydrogen (secondary N) is 1. The fourth-order valence-electron chi connectivity index (χ4n) is 2.15. The van der Waals surface area contributed by atoms with Gasteiger partial charge in [-0.1, -0.05) is 11.8 Å². The van der Waals surface area contributed by atoms with Crippen LogP contribution in [0.5, 0.6) is 0 Å². The number of hydrogen-bond donors (Lipinski definition) is 1. The Balaban J connectivity index is 2.28. The Morgan fingerprint density at radius 2 is 1.81 bits per heavy atom. The van der Waals surface area contributed by atoms with Crippen molar-refractivity contribution in [1.29, 1.82) is 0 Å². The average Bonchev–Trinajstić information content (AvgIpc) is 2.77. The highest BCUT2D eigenvalue weighted by Gasteiger charge is 2.18. The predicted octanol–water partition coefficient (Wildman–Crippen LogP) is 2.81. The summed E-state index contributed by atoms with van der Waals surface area (Å²) < 4.78 is 3.88. The van der Waals surface area contributed by atoms with Crippen LogP contribution < -0.4 is 5.32 Å². The summed E-state index contributed by atoms with van der Waals surface area (Å²) in [5.74, 6) is 0. The molecule has 0 aliphatic heterocycles. The molecule has 0 atom stereocenters. The molecule has 2 aromatic heterocycles. The molecule has 1 N–H and O–H groups in total. The molecule has 6 heteroatoms. The van der Waals surface area contributed by atoms with E-state index in [-0.39, 0.29) is 5.54 Å². The standard InChI is InChI=1S/C15H25N5S/c1-10-8-13(19(6)17-10)21-14-12(9-16-15(3,4)5)11(2)18-20(14)7/h8,16H,9H2,1-7H3. The summed E-state index contributed by atoms with van der Waals surface area (Å²) in [4.78, 5) is 0. The first-order valence-electron chi connectivity index (χ1n) is 7.13. The summed E-state index contributed by atoms with van der Waals surface area (Å²) in [6.07, 6.45) is 0. The molecular formula is C15H25N5S. The first-order valence-corrected chi connectivity index (χ1v) is 7.95. The summed E-state index contributed by atoms with van der Waals surface area (Å²) in [7, 11) is 3.98. The van der Waals surface area contributed by atoms with E-state index >= 15 is 0 Å². The second-order valence-electron chi connectivity index (χ2n) is 6.45. The SMILES string of the molecule is Cc1cc(Sc2c(CNC(C)(C)C)c(C)nn2C)n(C)n1. The molecule has 0 amide bonds. The fourth-order valence-corrected chi connectivity index (χ4v) is 3.26. The van der Waals surface area contributed by atoms with Gasteiger partial charge >= 0.3 is 0 Å². The molecule has 0 saturated heterocycles. The molecule has 0 unspecified atom stereocenters. The van der Waals surface area contributed by atoms with E-state index in [4.69, 9.17) is 0 Å². The van der Waals surface area contributed by atoms with Crippen LogP contribution in [0, 0.1) is 13.8 Å². The van der Waals surface area contributed by atoms with Gasteiger partial charge in [-0.25, -0.2) is 0 Å². The van der Waals surface area contributed by atoms with Crippen molar-refractivity contribution in [2.24, 2.45) is 14.1 Å². The minimum atomic E-state index is 0.0906. The molecule has 0 saturated carbocycles. The summed E-state index contributed by atoms with van der Waals surface area (Å²) in [6, 6.07) is 2.11. The lowest BCUT2D eigenvalue weighted by molar-refractivity contribution is 0.421. The van der Waals surface area contributed by atoms with Crippen LogP contribution in [0.25, 0.3) is 0 Å². The Hall–Kier alpha value is -1.27. The Morgan fingerprint density at radius 1 is 1.14 bits per heavy atom. The Kier molecular flexibility index (Phi) is 4.49. The first kappa shape index (κ1) is 16.1. The zero-order valence-electron chi connectivity index (χ0n) is 14.0. The molecule has 0 fully saturated rings. The number of rotatable bonds is 4. The first-order chi connectivity index (χ1) is 9.67. The van der Waals surface area contributed by atoms with Gasteiger partial charge in [-0.3, -0.25) is 9.36 Å². The molecule has 116 valence electrons. The summed E-state index contributed by atoms with van der Waals surface area (Å²) in [5.41, 5.74) is 3.47. The smallest absolute Gasteiger partial charge is 0.105 e. The molecular weight excluding hydrogens is 282 g/mol. The molecule has 2 rings (SSSR count). The Bertz CT molecular complexity index is 633. The van der Waals surface area contributed by atoms with Crippen molar-refractivity contribution in [2.45, 2.75) is 56.8 Å². The third-order valence-corrected chi connectivity index (χ3v) is 4.54. The van der Waals surface area contributed by atoms with Gasteiger partial charge in [-0.2, -0.15) is 10.2 Å². The Morgan fingerprint density at radius 3 is 2.33 bits per heavy atom. The lowest BCUT2D eigenvalue weighted by Gasteiger charge is -2.20. The molecule has 0 aromatic carbocycles. The van der Waals surface area contributed by atoms with E-state index in [9.17, 15) is 0 Å². The van der Waals surface area contributed by atoms with E-state index in [2.05, 4.69) is 49.3 Å². The van der Waals surface area contributed by atoms with Crippen molar-refractivity contribution in [1.82, 2.24) is 24.9 Å². The highest BCUT2D eigenvalue weighted by atomic mass is 32.2. The summed E-state index contributed by atoms with van der Waals surface area (Å²) in [5, 5.41) is 14.8. The topological polar surface area (TPSA) is 47.7 Å². The zero-order valence-corrected chi connectivity index (χ0v) is 14.8. The predicted molar refractivity (Wildman–Crippen MR) is 86.6 cm³/mol. The third-order valence-electron chi connectivity index (χ3n) is 3.24. The van der Waals surface area contributed by atoms with Crippen LogP contribution in [-0.2, 0) is 20.6 Å². The quantitative estimate of drug-likeness (QED) is 0.943. The normalized spacial score (nSPS) is 12.1. The highest BCUT2D eigenvalue weighted by Crippen LogP contribution is 2.32. The van der Waals surface area contributed by atoms with E-state index in [1.807, 2.05) is 30.4 Å². The van der Waals surface area contributed by atoms with Gasteiger partial charge in [0.15, 0.2) is 0 Å². The van der Waals surface area contributed by atoms with Gasteiger partial charge in [0, 0.05) is 31.7 Å². The van der Waals surface area contributed by atoms with Crippen LogP contribution in [0.4, 0.5) is 0 Å². The van der Waals surface area contributed by atoms with Gasteiger partial charge in [0.25, 0.3) is 0 Å². The summed E-state index contributed by atoms with van der Waals surface area (Å²) in [6.45, 7) is 11.4. The minimum Gasteiger partial charge on any atom is -0.308 e. The molecule has 5 nitrogen and oxygen atoms in total. The van der Waals surface area contributed by atoms with Gasteiger partial charge in [0.2, 0.25) is 0 Å². The van der Waals surface area contributed by atoms with Crippen molar-refractivity contribution in [2.75, 3.05) is 0 Å². The molecule has 0 aliphatic rings.